The van der Waals surface area contributed by atoms with E-state index in [4.69, 9.17) is 5.73 Å². The minimum atomic E-state index is -4.50. The number of nitrogens with zero attached hydrogens (tertiary/aromatic N) is 4. The monoisotopic (exact) mass is 458 g/mol. The van der Waals surface area contributed by atoms with Crippen molar-refractivity contribution >= 4 is 23.4 Å². The van der Waals surface area contributed by atoms with Crippen molar-refractivity contribution in [2.24, 2.45) is 0 Å². The molecule has 1 aromatic carbocycles. The average Bonchev–Trinajstić information content (AvgIpc) is 3.04. The van der Waals surface area contributed by atoms with Crippen molar-refractivity contribution in [2.75, 3.05) is 50.9 Å². The highest BCUT2D eigenvalue weighted by molar-refractivity contribution is 5.96. The Bertz CT molecular complexity index is 903. The summed E-state index contributed by atoms with van der Waals surface area (Å²) in [6.45, 7) is 3.88. The normalized spacial score (nSPS) is 14.3. The highest BCUT2D eigenvalue weighted by Crippen LogP contribution is 2.30. The van der Waals surface area contributed by atoms with Crippen molar-refractivity contribution in [1.82, 2.24) is 20.1 Å². The molecule has 0 saturated carbocycles. The molecule has 3 rings (SSSR count). The summed E-state index contributed by atoms with van der Waals surface area (Å²) >= 11 is 0. The molecular formula is C19H25F3N6O4. The van der Waals surface area contributed by atoms with Crippen molar-refractivity contribution in [3.8, 4) is 0 Å². The van der Waals surface area contributed by atoms with Crippen LogP contribution in [0, 0.1) is 0 Å². The largest absolute Gasteiger partial charge is 0.416 e. The molecule has 0 unspecified atom stereocenters. The lowest BCUT2D eigenvalue weighted by molar-refractivity contribution is -0.137. The van der Waals surface area contributed by atoms with Gasteiger partial charge in [0.25, 0.3) is 5.91 Å². The average molecular weight is 458 g/mol. The van der Waals surface area contributed by atoms with Gasteiger partial charge in [-0.15, -0.1) is 0 Å². The number of carbonyl (C=O) groups is 2. The summed E-state index contributed by atoms with van der Waals surface area (Å²) in [6.07, 6.45) is -4.02. The zero-order chi connectivity index (χ0) is 23.7. The molecular weight excluding hydrogens is 433 g/mol. The first-order valence-corrected chi connectivity index (χ1v) is 9.76. The third-order valence-electron chi connectivity index (χ3n) is 4.52. The van der Waals surface area contributed by atoms with Gasteiger partial charge >= 0.3 is 12.2 Å². The molecule has 3 amide bonds. The fourth-order valence-corrected chi connectivity index (χ4v) is 2.79. The lowest BCUT2D eigenvalue weighted by Gasteiger charge is -2.22. The van der Waals surface area contributed by atoms with Crippen LogP contribution < -0.4 is 11.1 Å². The van der Waals surface area contributed by atoms with E-state index in [-0.39, 0.29) is 30.3 Å². The van der Waals surface area contributed by atoms with Crippen LogP contribution in [0.5, 0.6) is 0 Å². The van der Waals surface area contributed by atoms with E-state index in [0.29, 0.717) is 19.5 Å². The molecule has 1 aromatic heterocycles. The van der Waals surface area contributed by atoms with Gasteiger partial charge in [-0.25, -0.2) is 9.42 Å². The molecule has 0 spiro atoms. The quantitative estimate of drug-likeness (QED) is 0.724. The number of hydrogen-bond donors (Lipinski definition) is 2. The molecule has 32 heavy (non-hydrogen) atoms. The standard InChI is InChI=1S/C16H17F3N6O3.C3H8O/c17-16(18,19)10-3-1-4-11(9-10)21-15(27)25-6-2-5-24(7-8-25)14(26)12-13(20)23-28-22-12;1-3-4-2/h1,3-4,9H,2,5-8H2,(H2,20,23)(H,21,27);3H2,1-2H3. The third-order valence-corrected chi connectivity index (χ3v) is 4.52. The van der Waals surface area contributed by atoms with E-state index in [0.717, 1.165) is 18.7 Å². The number of benzene rings is 1. The van der Waals surface area contributed by atoms with Crippen molar-refractivity contribution in [1.29, 1.82) is 0 Å². The summed E-state index contributed by atoms with van der Waals surface area (Å²) in [4.78, 5) is 27.7. The molecule has 13 heteroatoms. The highest BCUT2D eigenvalue weighted by Gasteiger charge is 2.31. The van der Waals surface area contributed by atoms with Crippen LogP contribution in [0.25, 0.3) is 0 Å². The number of methoxy groups -OCH3 is 1. The number of anilines is 2. The Hall–Kier alpha value is -3.35. The number of nitrogen functional groups attached to an aromatic ring is 1. The van der Waals surface area contributed by atoms with Gasteiger partial charge in [-0.05, 0) is 41.9 Å². The predicted molar refractivity (Wildman–Crippen MR) is 109 cm³/mol. The van der Waals surface area contributed by atoms with E-state index in [9.17, 15) is 22.8 Å². The van der Waals surface area contributed by atoms with Crippen molar-refractivity contribution in [3.05, 3.63) is 35.5 Å². The number of ether oxygens (including phenoxy) is 1. The minimum Gasteiger partial charge on any atom is -0.385 e. The van der Waals surface area contributed by atoms with Gasteiger partial charge in [0, 0.05) is 45.6 Å². The fourth-order valence-electron chi connectivity index (χ4n) is 2.79. The molecule has 10 nitrogen and oxygen atoms in total. The van der Waals surface area contributed by atoms with Gasteiger partial charge in [0.2, 0.25) is 11.5 Å². The molecule has 1 saturated heterocycles. The van der Waals surface area contributed by atoms with Crippen molar-refractivity contribution in [2.45, 2.75) is 19.5 Å². The number of halogens is 3. The molecule has 3 N–H and O–H groups in total. The Morgan fingerprint density at radius 2 is 1.84 bits per heavy atom. The summed E-state index contributed by atoms with van der Waals surface area (Å²) in [5.74, 6) is -0.577. The Kier molecular flexibility index (Phi) is 8.81. The number of urea groups is 1. The van der Waals surface area contributed by atoms with Crippen LogP contribution in [-0.4, -0.2) is 71.9 Å². The molecule has 1 fully saturated rings. The Labute approximate surface area is 182 Å². The Balaban J connectivity index is 0.000000837. The summed E-state index contributed by atoms with van der Waals surface area (Å²) in [5, 5.41) is 9.29. The highest BCUT2D eigenvalue weighted by atomic mass is 19.4. The molecule has 2 aromatic rings. The fraction of sp³-hybridized carbons (Fsp3) is 0.474. The van der Waals surface area contributed by atoms with Crippen molar-refractivity contribution in [3.63, 3.8) is 0 Å². The number of carbonyl (C=O) groups excluding carboxylic acids is 2. The smallest absolute Gasteiger partial charge is 0.385 e. The van der Waals surface area contributed by atoms with E-state index in [1.54, 1.807) is 7.11 Å². The molecule has 0 atom stereocenters. The number of nitrogens with one attached hydrogen (secondary N) is 1. The van der Waals surface area contributed by atoms with Crippen LogP contribution in [0.2, 0.25) is 0 Å². The second kappa shape index (κ2) is 11.3. The van der Waals surface area contributed by atoms with Gasteiger partial charge in [0.1, 0.15) is 0 Å². The molecule has 0 aliphatic carbocycles. The van der Waals surface area contributed by atoms with Gasteiger partial charge < -0.3 is 25.6 Å². The lowest BCUT2D eigenvalue weighted by atomic mass is 10.2. The maximum absolute atomic E-state index is 12.8. The number of aromatic nitrogens is 2. The first kappa shape index (κ1) is 24.9. The first-order valence-electron chi connectivity index (χ1n) is 9.76. The lowest BCUT2D eigenvalue weighted by Crippen LogP contribution is -2.39. The Morgan fingerprint density at radius 3 is 2.44 bits per heavy atom. The van der Waals surface area contributed by atoms with E-state index in [2.05, 4.69) is 25.0 Å². The van der Waals surface area contributed by atoms with Crippen LogP contribution in [0.15, 0.2) is 28.9 Å². The van der Waals surface area contributed by atoms with Gasteiger partial charge in [-0.2, -0.15) is 13.2 Å². The van der Waals surface area contributed by atoms with Crippen LogP contribution in [-0.2, 0) is 10.9 Å². The van der Waals surface area contributed by atoms with Gasteiger partial charge in [-0.1, -0.05) is 6.07 Å². The van der Waals surface area contributed by atoms with Gasteiger partial charge in [-0.3, -0.25) is 4.79 Å². The number of hydrogen-bond acceptors (Lipinski definition) is 7. The van der Waals surface area contributed by atoms with E-state index >= 15 is 0 Å². The zero-order valence-corrected chi connectivity index (χ0v) is 17.7. The van der Waals surface area contributed by atoms with Gasteiger partial charge in [0.05, 0.1) is 5.56 Å². The number of alkyl halides is 3. The second-order valence-electron chi connectivity index (χ2n) is 6.72. The molecule has 176 valence electrons. The zero-order valence-electron chi connectivity index (χ0n) is 17.7. The molecule has 1 aliphatic heterocycles. The summed E-state index contributed by atoms with van der Waals surface area (Å²) in [5.41, 5.74) is 4.62. The number of rotatable bonds is 3. The number of amides is 3. The maximum Gasteiger partial charge on any atom is 0.416 e. The van der Waals surface area contributed by atoms with Crippen LogP contribution >= 0.6 is 0 Å². The first-order chi connectivity index (χ1) is 15.2. The van der Waals surface area contributed by atoms with E-state index < -0.39 is 23.7 Å². The second-order valence-corrected chi connectivity index (χ2v) is 6.72. The molecule has 0 bridgehead atoms. The van der Waals surface area contributed by atoms with Crippen LogP contribution in [0.1, 0.15) is 29.4 Å². The minimum absolute atomic E-state index is 0.0402. The van der Waals surface area contributed by atoms with Gasteiger partial charge in [0.15, 0.2) is 0 Å². The summed E-state index contributed by atoms with van der Waals surface area (Å²) < 4.78 is 47.3. The predicted octanol–water partition coefficient (Wildman–Crippen LogP) is 2.70. The number of nitrogens with two attached hydrogens (primary N) is 1. The topological polar surface area (TPSA) is 127 Å². The summed E-state index contributed by atoms with van der Waals surface area (Å²) in [7, 11) is 1.68. The van der Waals surface area contributed by atoms with E-state index in [1.807, 2.05) is 6.92 Å². The molecule has 1 aliphatic rings. The van der Waals surface area contributed by atoms with Crippen LogP contribution in [0.4, 0.5) is 29.5 Å². The van der Waals surface area contributed by atoms with E-state index in [1.165, 1.54) is 21.9 Å². The molecule has 0 radical (unpaired) electrons. The molecule has 2 heterocycles. The summed E-state index contributed by atoms with van der Waals surface area (Å²) in [6, 6.07) is 3.84. The van der Waals surface area contributed by atoms with Crippen molar-refractivity contribution < 1.29 is 32.1 Å². The maximum atomic E-state index is 12.8. The van der Waals surface area contributed by atoms with Crippen LogP contribution in [0.3, 0.4) is 0 Å². The third kappa shape index (κ3) is 6.83. The Morgan fingerprint density at radius 1 is 1.19 bits per heavy atom. The SMILES string of the molecule is CCOC.Nc1nonc1C(=O)N1CCCN(C(=O)Nc2cccc(C(F)(F)F)c2)CC1.